The summed E-state index contributed by atoms with van der Waals surface area (Å²) in [7, 11) is 0. The van der Waals surface area contributed by atoms with Gasteiger partial charge in [-0.05, 0) is 43.3 Å². The number of halogens is 1. The number of nitrogens with one attached hydrogen (secondary N) is 1. The Kier molecular flexibility index (Phi) is 3.78. The first kappa shape index (κ1) is 11.1. The minimum Gasteiger partial charge on any atom is -0.316 e. The third kappa shape index (κ3) is 2.80. The SMILES string of the molecule is O=C(CCC1CCNC1)c1sccc1Cl. The van der Waals surface area contributed by atoms with Gasteiger partial charge in [-0.25, -0.2) is 0 Å². The van der Waals surface area contributed by atoms with Crippen LogP contribution in [-0.2, 0) is 0 Å². The number of carbonyl (C=O) groups is 1. The molecule has 1 aromatic heterocycles. The molecular formula is C11H14ClNOS. The van der Waals surface area contributed by atoms with E-state index in [4.69, 9.17) is 11.6 Å². The van der Waals surface area contributed by atoms with E-state index in [9.17, 15) is 4.79 Å². The van der Waals surface area contributed by atoms with Crippen LogP contribution in [-0.4, -0.2) is 18.9 Å². The largest absolute Gasteiger partial charge is 0.316 e. The number of hydrogen-bond acceptors (Lipinski definition) is 3. The van der Waals surface area contributed by atoms with E-state index in [-0.39, 0.29) is 5.78 Å². The molecule has 4 heteroatoms. The molecule has 1 saturated heterocycles. The van der Waals surface area contributed by atoms with Crippen molar-refractivity contribution in [3.8, 4) is 0 Å². The third-order valence-electron chi connectivity index (χ3n) is 2.81. The van der Waals surface area contributed by atoms with Crippen LogP contribution in [0.1, 0.15) is 28.9 Å². The lowest BCUT2D eigenvalue weighted by atomic mass is 10.0. The van der Waals surface area contributed by atoms with Crippen LogP contribution in [0.4, 0.5) is 0 Å². The summed E-state index contributed by atoms with van der Waals surface area (Å²) in [6.45, 7) is 2.16. The van der Waals surface area contributed by atoms with E-state index in [1.165, 1.54) is 17.8 Å². The Morgan fingerprint density at radius 2 is 2.53 bits per heavy atom. The zero-order chi connectivity index (χ0) is 10.7. The lowest BCUT2D eigenvalue weighted by molar-refractivity contribution is 0.0978. The second-order valence-electron chi connectivity index (χ2n) is 3.92. The molecule has 0 saturated carbocycles. The summed E-state index contributed by atoms with van der Waals surface area (Å²) >= 11 is 7.35. The van der Waals surface area contributed by atoms with E-state index in [0.29, 0.717) is 17.4 Å². The van der Waals surface area contributed by atoms with Crippen LogP contribution in [0, 0.1) is 5.92 Å². The van der Waals surface area contributed by atoms with Crippen LogP contribution < -0.4 is 5.32 Å². The van der Waals surface area contributed by atoms with Crippen molar-refractivity contribution in [2.24, 2.45) is 5.92 Å². The topological polar surface area (TPSA) is 29.1 Å². The first-order valence-electron chi connectivity index (χ1n) is 5.24. The summed E-state index contributed by atoms with van der Waals surface area (Å²) < 4.78 is 0. The molecule has 1 aliphatic rings. The second-order valence-corrected chi connectivity index (χ2v) is 5.24. The smallest absolute Gasteiger partial charge is 0.174 e. The fourth-order valence-corrected chi connectivity index (χ4v) is 3.03. The van der Waals surface area contributed by atoms with Gasteiger partial charge < -0.3 is 5.32 Å². The number of Topliss-reactive ketones (excluding diaryl/α,β-unsaturated/α-hetero) is 1. The predicted molar refractivity (Wildman–Crippen MR) is 63.9 cm³/mol. The minimum atomic E-state index is 0.196. The summed E-state index contributed by atoms with van der Waals surface area (Å²) in [5.41, 5.74) is 0. The van der Waals surface area contributed by atoms with Gasteiger partial charge >= 0.3 is 0 Å². The van der Waals surface area contributed by atoms with Crippen molar-refractivity contribution in [2.45, 2.75) is 19.3 Å². The van der Waals surface area contributed by atoms with Gasteiger partial charge in [0.2, 0.25) is 0 Å². The van der Waals surface area contributed by atoms with Crippen molar-refractivity contribution in [1.29, 1.82) is 0 Å². The number of carbonyl (C=O) groups excluding carboxylic acids is 1. The normalized spacial score (nSPS) is 20.7. The maximum Gasteiger partial charge on any atom is 0.174 e. The number of rotatable bonds is 4. The Bertz CT molecular complexity index is 344. The monoisotopic (exact) mass is 243 g/mol. The second kappa shape index (κ2) is 5.10. The van der Waals surface area contributed by atoms with E-state index >= 15 is 0 Å². The molecule has 1 unspecified atom stereocenters. The van der Waals surface area contributed by atoms with Gasteiger partial charge in [0.15, 0.2) is 5.78 Å². The highest BCUT2D eigenvalue weighted by Crippen LogP contribution is 2.25. The van der Waals surface area contributed by atoms with Crippen molar-refractivity contribution in [2.75, 3.05) is 13.1 Å². The fourth-order valence-electron chi connectivity index (χ4n) is 1.90. The predicted octanol–water partition coefficient (Wildman–Crippen LogP) is 2.97. The molecule has 0 amide bonds. The molecule has 1 atom stereocenters. The number of ketones is 1. The lowest BCUT2D eigenvalue weighted by Gasteiger charge is -2.06. The molecule has 0 spiro atoms. The summed E-state index contributed by atoms with van der Waals surface area (Å²) in [4.78, 5) is 12.5. The van der Waals surface area contributed by atoms with E-state index in [0.717, 1.165) is 24.4 Å². The standard InChI is InChI=1S/C11H14ClNOS/c12-9-4-6-15-11(9)10(14)2-1-8-3-5-13-7-8/h4,6,8,13H,1-3,5,7H2. The molecule has 15 heavy (non-hydrogen) atoms. The summed E-state index contributed by atoms with van der Waals surface area (Å²) in [5.74, 6) is 0.870. The Morgan fingerprint density at radius 1 is 1.67 bits per heavy atom. The van der Waals surface area contributed by atoms with Crippen molar-refractivity contribution in [1.82, 2.24) is 5.32 Å². The Hall–Kier alpha value is -0.380. The van der Waals surface area contributed by atoms with Crippen LogP contribution in [0.3, 0.4) is 0 Å². The molecular weight excluding hydrogens is 230 g/mol. The third-order valence-corrected chi connectivity index (χ3v) is 4.19. The van der Waals surface area contributed by atoms with Gasteiger partial charge in [0.05, 0.1) is 9.90 Å². The summed E-state index contributed by atoms with van der Waals surface area (Å²) in [6.07, 6.45) is 2.82. The molecule has 0 bridgehead atoms. The van der Waals surface area contributed by atoms with Gasteiger partial charge in [0.1, 0.15) is 0 Å². The van der Waals surface area contributed by atoms with Crippen molar-refractivity contribution in [3.63, 3.8) is 0 Å². The Labute approximate surface area is 98.6 Å². The molecule has 1 aromatic rings. The molecule has 2 nitrogen and oxygen atoms in total. The highest BCUT2D eigenvalue weighted by molar-refractivity contribution is 7.12. The van der Waals surface area contributed by atoms with Gasteiger partial charge in [-0.3, -0.25) is 4.79 Å². The first-order valence-corrected chi connectivity index (χ1v) is 6.50. The van der Waals surface area contributed by atoms with Crippen molar-refractivity contribution >= 4 is 28.7 Å². The van der Waals surface area contributed by atoms with E-state index in [2.05, 4.69) is 5.32 Å². The first-order chi connectivity index (χ1) is 7.27. The average molecular weight is 244 g/mol. The zero-order valence-corrected chi connectivity index (χ0v) is 10.0. The zero-order valence-electron chi connectivity index (χ0n) is 8.46. The molecule has 1 aliphatic heterocycles. The molecule has 0 radical (unpaired) electrons. The Morgan fingerprint density at radius 3 is 3.13 bits per heavy atom. The molecule has 0 aliphatic carbocycles. The maximum atomic E-state index is 11.8. The van der Waals surface area contributed by atoms with Crippen LogP contribution in [0.5, 0.6) is 0 Å². The van der Waals surface area contributed by atoms with Crippen molar-refractivity contribution < 1.29 is 4.79 Å². The molecule has 2 rings (SSSR count). The van der Waals surface area contributed by atoms with Crippen LogP contribution in [0.2, 0.25) is 5.02 Å². The number of thiophene rings is 1. The van der Waals surface area contributed by atoms with E-state index in [1.54, 1.807) is 6.07 Å². The quantitative estimate of drug-likeness (QED) is 0.824. The molecule has 0 aromatic carbocycles. The van der Waals surface area contributed by atoms with Crippen molar-refractivity contribution in [3.05, 3.63) is 21.3 Å². The lowest BCUT2D eigenvalue weighted by Crippen LogP contribution is -2.10. The van der Waals surface area contributed by atoms with Gasteiger partial charge in [0, 0.05) is 6.42 Å². The Balaban J connectivity index is 1.84. The van der Waals surface area contributed by atoms with Gasteiger partial charge in [-0.1, -0.05) is 11.6 Å². The highest BCUT2D eigenvalue weighted by atomic mass is 35.5. The van der Waals surface area contributed by atoms with Gasteiger partial charge in [-0.2, -0.15) is 0 Å². The molecule has 1 N–H and O–H groups in total. The molecule has 1 fully saturated rings. The average Bonchev–Trinajstić information content (AvgIpc) is 2.84. The van der Waals surface area contributed by atoms with E-state index in [1.807, 2.05) is 5.38 Å². The fraction of sp³-hybridized carbons (Fsp3) is 0.545. The molecule has 82 valence electrons. The van der Waals surface area contributed by atoms with Crippen LogP contribution in [0.25, 0.3) is 0 Å². The summed E-state index contributed by atoms with van der Waals surface area (Å²) in [6, 6.07) is 1.79. The van der Waals surface area contributed by atoms with Gasteiger partial charge in [-0.15, -0.1) is 11.3 Å². The van der Waals surface area contributed by atoms with E-state index < -0.39 is 0 Å². The maximum absolute atomic E-state index is 11.8. The number of hydrogen-bond donors (Lipinski definition) is 1. The molecule has 2 heterocycles. The minimum absolute atomic E-state index is 0.196. The highest BCUT2D eigenvalue weighted by Gasteiger charge is 2.17. The van der Waals surface area contributed by atoms with Crippen LogP contribution >= 0.6 is 22.9 Å². The van der Waals surface area contributed by atoms with Crippen LogP contribution in [0.15, 0.2) is 11.4 Å². The summed E-state index contributed by atoms with van der Waals surface area (Å²) in [5, 5.41) is 5.78. The van der Waals surface area contributed by atoms with Gasteiger partial charge in [0.25, 0.3) is 0 Å².